The zero-order chi connectivity index (χ0) is 16.2. The van der Waals surface area contributed by atoms with Crippen LogP contribution in [0.4, 0.5) is 4.79 Å². The first-order chi connectivity index (χ1) is 10.4. The van der Waals surface area contributed by atoms with Crippen LogP contribution in [-0.4, -0.2) is 37.4 Å². The average Bonchev–Trinajstić information content (AvgIpc) is 2.85. The van der Waals surface area contributed by atoms with E-state index in [-0.39, 0.29) is 18.1 Å². The van der Waals surface area contributed by atoms with Crippen LogP contribution in [0, 0.1) is 0 Å². The summed E-state index contributed by atoms with van der Waals surface area (Å²) >= 11 is 0. The summed E-state index contributed by atoms with van der Waals surface area (Å²) in [5, 5.41) is 6.30. The molecule has 122 valence electrons. The van der Waals surface area contributed by atoms with Gasteiger partial charge in [0.25, 0.3) is 0 Å². The van der Waals surface area contributed by atoms with Gasteiger partial charge < -0.3 is 20.1 Å². The third-order valence-electron chi connectivity index (χ3n) is 3.51. The Morgan fingerprint density at radius 2 is 2.14 bits per heavy atom. The number of nitrogens with one attached hydrogen (secondary N) is 2. The maximum Gasteiger partial charge on any atom is 0.407 e. The first kappa shape index (κ1) is 16.6. The highest BCUT2D eigenvalue weighted by Gasteiger charge is 2.31. The van der Waals surface area contributed by atoms with Gasteiger partial charge in [-0.1, -0.05) is 12.1 Å². The number of hydrogen-bond acceptors (Lipinski definition) is 4. The Kier molecular flexibility index (Phi) is 5.29. The van der Waals surface area contributed by atoms with E-state index in [0.29, 0.717) is 6.61 Å². The Morgan fingerprint density at radius 1 is 1.36 bits per heavy atom. The number of alkyl carbamates (subject to hydrolysis) is 1. The highest BCUT2D eigenvalue weighted by Crippen LogP contribution is 2.26. The molecule has 1 aliphatic rings. The second kappa shape index (κ2) is 7.01. The lowest BCUT2D eigenvalue weighted by molar-refractivity contribution is 0.0504. The Bertz CT molecular complexity index is 511. The van der Waals surface area contributed by atoms with Crippen molar-refractivity contribution in [3.63, 3.8) is 0 Å². The van der Waals surface area contributed by atoms with Gasteiger partial charge >= 0.3 is 6.09 Å². The van der Waals surface area contributed by atoms with E-state index in [1.807, 2.05) is 45.9 Å². The fraction of sp³-hybridized carbons (Fsp3) is 0.588. The molecule has 22 heavy (non-hydrogen) atoms. The van der Waals surface area contributed by atoms with Crippen molar-refractivity contribution in [2.24, 2.45) is 0 Å². The summed E-state index contributed by atoms with van der Waals surface area (Å²) in [6, 6.07) is 8.08. The number of benzene rings is 1. The molecule has 2 atom stereocenters. The largest absolute Gasteiger partial charge is 0.494 e. The Morgan fingerprint density at radius 3 is 2.82 bits per heavy atom. The first-order valence-corrected chi connectivity index (χ1v) is 7.82. The van der Waals surface area contributed by atoms with Gasteiger partial charge in [0, 0.05) is 19.0 Å². The molecular weight excluding hydrogens is 280 g/mol. The van der Waals surface area contributed by atoms with Crippen LogP contribution in [0.15, 0.2) is 24.3 Å². The zero-order valence-corrected chi connectivity index (χ0v) is 13.8. The standard InChI is InChI=1S/C17H26N2O3/c1-5-21-13-8-6-7-12(9-13)14-10-18-11-15(14)19-16(20)22-17(2,3)4/h6-9,14-15,18H,5,10-11H2,1-4H3,(H,19,20)/t14-,15-/m0/s1. The summed E-state index contributed by atoms with van der Waals surface area (Å²) in [4.78, 5) is 12.0. The molecule has 0 saturated carbocycles. The number of carbonyl (C=O) groups is 1. The molecule has 1 heterocycles. The molecule has 1 fully saturated rings. The summed E-state index contributed by atoms with van der Waals surface area (Å²) < 4.78 is 10.9. The molecule has 5 heteroatoms. The van der Waals surface area contributed by atoms with E-state index in [2.05, 4.69) is 16.7 Å². The molecule has 1 aliphatic heterocycles. The predicted molar refractivity (Wildman–Crippen MR) is 86.4 cm³/mol. The second-order valence-corrected chi connectivity index (χ2v) is 6.52. The van der Waals surface area contributed by atoms with Gasteiger partial charge in [-0.25, -0.2) is 4.79 Å². The van der Waals surface area contributed by atoms with Crippen LogP contribution in [0.25, 0.3) is 0 Å². The lowest BCUT2D eigenvalue weighted by Crippen LogP contribution is -2.42. The predicted octanol–water partition coefficient (Wildman–Crippen LogP) is 2.67. The number of ether oxygens (including phenoxy) is 2. The summed E-state index contributed by atoms with van der Waals surface area (Å²) in [5.41, 5.74) is 0.678. The van der Waals surface area contributed by atoms with E-state index in [1.54, 1.807) is 0 Å². The third-order valence-corrected chi connectivity index (χ3v) is 3.51. The number of amides is 1. The number of hydrogen-bond donors (Lipinski definition) is 2. The van der Waals surface area contributed by atoms with Gasteiger partial charge in [-0.2, -0.15) is 0 Å². The lowest BCUT2D eigenvalue weighted by Gasteiger charge is -2.24. The van der Waals surface area contributed by atoms with Gasteiger partial charge in [-0.3, -0.25) is 0 Å². The van der Waals surface area contributed by atoms with Crippen molar-refractivity contribution in [2.45, 2.75) is 45.3 Å². The Labute approximate surface area is 132 Å². The zero-order valence-electron chi connectivity index (χ0n) is 13.8. The van der Waals surface area contributed by atoms with E-state index in [4.69, 9.17) is 9.47 Å². The molecule has 0 aromatic heterocycles. The molecule has 1 aromatic carbocycles. The van der Waals surface area contributed by atoms with Crippen molar-refractivity contribution >= 4 is 6.09 Å². The van der Waals surface area contributed by atoms with Crippen molar-refractivity contribution in [1.82, 2.24) is 10.6 Å². The molecular formula is C17H26N2O3. The third kappa shape index (κ3) is 4.63. The highest BCUT2D eigenvalue weighted by atomic mass is 16.6. The van der Waals surface area contributed by atoms with Crippen molar-refractivity contribution in [3.05, 3.63) is 29.8 Å². The fourth-order valence-electron chi connectivity index (χ4n) is 2.64. The summed E-state index contributed by atoms with van der Waals surface area (Å²) in [6.45, 7) is 9.77. The molecule has 0 unspecified atom stereocenters. The van der Waals surface area contributed by atoms with E-state index in [9.17, 15) is 4.79 Å². The quantitative estimate of drug-likeness (QED) is 0.898. The number of rotatable bonds is 4. The average molecular weight is 306 g/mol. The van der Waals surface area contributed by atoms with E-state index in [1.165, 1.54) is 0 Å². The van der Waals surface area contributed by atoms with Crippen LogP contribution >= 0.6 is 0 Å². The molecule has 0 bridgehead atoms. The van der Waals surface area contributed by atoms with Crippen LogP contribution in [0.5, 0.6) is 5.75 Å². The van der Waals surface area contributed by atoms with Gasteiger partial charge in [-0.05, 0) is 45.4 Å². The molecule has 1 amide bonds. The second-order valence-electron chi connectivity index (χ2n) is 6.52. The Hall–Kier alpha value is -1.75. The fourth-order valence-corrected chi connectivity index (χ4v) is 2.64. The maximum atomic E-state index is 12.0. The van der Waals surface area contributed by atoms with Gasteiger partial charge in [-0.15, -0.1) is 0 Å². The first-order valence-electron chi connectivity index (χ1n) is 7.82. The molecule has 1 aromatic rings. The van der Waals surface area contributed by atoms with Crippen LogP contribution < -0.4 is 15.4 Å². The topological polar surface area (TPSA) is 59.6 Å². The highest BCUT2D eigenvalue weighted by molar-refractivity contribution is 5.68. The summed E-state index contributed by atoms with van der Waals surface area (Å²) in [7, 11) is 0. The molecule has 2 rings (SSSR count). The van der Waals surface area contributed by atoms with Crippen molar-refractivity contribution < 1.29 is 14.3 Å². The lowest BCUT2D eigenvalue weighted by atomic mass is 9.94. The summed E-state index contributed by atoms with van der Waals surface area (Å²) in [6.07, 6.45) is -0.368. The SMILES string of the molecule is CCOc1cccc([C@@H]2CNC[C@@H]2NC(=O)OC(C)(C)C)c1. The normalized spacial score (nSPS) is 21.5. The minimum Gasteiger partial charge on any atom is -0.494 e. The van der Waals surface area contributed by atoms with E-state index in [0.717, 1.165) is 24.4 Å². The molecule has 1 saturated heterocycles. The molecule has 5 nitrogen and oxygen atoms in total. The van der Waals surface area contributed by atoms with Gasteiger partial charge in [0.15, 0.2) is 0 Å². The van der Waals surface area contributed by atoms with Gasteiger partial charge in [0.2, 0.25) is 0 Å². The number of carbonyl (C=O) groups excluding carboxylic acids is 1. The monoisotopic (exact) mass is 306 g/mol. The van der Waals surface area contributed by atoms with Crippen LogP contribution in [0.3, 0.4) is 0 Å². The maximum absolute atomic E-state index is 12.0. The molecule has 0 radical (unpaired) electrons. The smallest absolute Gasteiger partial charge is 0.407 e. The van der Waals surface area contributed by atoms with Crippen LogP contribution in [0.2, 0.25) is 0 Å². The van der Waals surface area contributed by atoms with Crippen LogP contribution in [-0.2, 0) is 4.74 Å². The van der Waals surface area contributed by atoms with Gasteiger partial charge in [0.1, 0.15) is 11.4 Å². The van der Waals surface area contributed by atoms with Gasteiger partial charge in [0.05, 0.1) is 12.6 Å². The van der Waals surface area contributed by atoms with E-state index >= 15 is 0 Å². The molecule has 2 N–H and O–H groups in total. The van der Waals surface area contributed by atoms with Crippen molar-refractivity contribution in [3.8, 4) is 5.75 Å². The molecule has 0 aliphatic carbocycles. The van der Waals surface area contributed by atoms with Crippen LogP contribution in [0.1, 0.15) is 39.2 Å². The minimum absolute atomic E-state index is 0.0201. The molecule has 0 spiro atoms. The summed E-state index contributed by atoms with van der Waals surface area (Å²) in [5.74, 6) is 1.08. The Balaban J connectivity index is 2.04. The van der Waals surface area contributed by atoms with Crippen molar-refractivity contribution in [2.75, 3.05) is 19.7 Å². The van der Waals surface area contributed by atoms with E-state index < -0.39 is 5.60 Å². The van der Waals surface area contributed by atoms with Crippen molar-refractivity contribution in [1.29, 1.82) is 0 Å². The minimum atomic E-state index is -0.486.